The summed E-state index contributed by atoms with van der Waals surface area (Å²) >= 11 is 0. The predicted molar refractivity (Wildman–Crippen MR) is 84.1 cm³/mol. The molecule has 5 heteroatoms. The van der Waals surface area contributed by atoms with Crippen molar-refractivity contribution in [1.82, 2.24) is 9.88 Å². The molecule has 0 fully saturated rings. The van der Waals surface area contributed by atoms with E-state index in [0.29, 0.717) is 18.7 Å². The van der Waals surface area contributed by atoms with E-state index < -0.39 is 5.60 Å². The van der Waals surface area contributed by atoms with Crippen molar-refractivity contribution in [3.05, 3.63) is 35.2 Å². The highest BCUT2D eigenvalue weighted by atomic mass is 16.6. The molecule has 116 valence electrons. The van der Waals surface area contributed by atoms with Gasteiger partial charge in [0.2, 0.25) is 0 Å². The molecule has 0 spiro atoms. The molecule has 22 heavy (non-hydrogen) atoms. The van der Waals surface area contributed by atoms with E-state index in [4.69, 9.17) is 10.00 Å². The van der Waals surface area contributed by atoms with Crippen molar-refractivity contribution in [2.24, 2.45) is 0 Å². The quantitative estimate of drug-likeness (QED) is 0.798. The summed E-state index contributed by atoms with van der Waals surface area (Å²) in [5.41, 5.74) is 3.08. The molecular weight excluding hydrogens is 278 g/mol. The Morgan fingerprint density at radius 3 is 2.68 bits per heavy atom. The normalized spacial score (nSPS) is 15.0. The molecule has 1 aliphatic heterocycles. The monoisotopic (exact) mass is 299 g/mol. The second-order valence-electron chi connectivity index (χ2n) is 6.41. The van der Waals surface area contributed by atoms with Crippen LogP contribution in [0.2, 0.25) is 0 Å². The van der Waals surface area contributed by atoms with Gasteiger partial charge in [-0.1, -0.05) is 6.08 Å². The van der Waals surface area contributed by atoms with Crippen LogP contribution >= 0.6 is 0 Å². The standard InChI is InChI=1S/C17H21N3O2/c1-12-9-13(10-18)11-19-15(12)14-5-7-20(8-6-14)16(21)22-17(2,3)4/h5,9,11H,6-8H2,1-4H3. The lowest BCUT2D eigenvalue weighted by Gasteiger charge is -2.29. The van der Waals surface area contributed by atoms with Crippen molar-refractivity contribution in [2.45, 2.75) is 39.7 Å². The molecule has 0 unspecified atom stereocenters. The highest BCUT2D eigenvalue weighted by Gasteiger charge is 2.24. The van der Waals surface area contributed by atoms with Crippen LogP contribution in [0.25, 0.3) is 5.57 Å². The molecule has 0 N–H and O–H groups in total. The SMILES string of the molecule is Cc1cc(C#N)cnc1C1=CCN(C(=O)OC(C)(C)C)CC1. The largest absolute Gasteiger partial charge is 0.444 e. The zero-order chi connectivity index (χ0) is 16.3. The number of nitrogens with zero attached hydrogens (tertiary/aromatic N) is 3. The molecule has 2 rings (SSSR count). The van der Waals surface area contributed by atoms with Gasteiger partial charge in [0.1, 0.15) is 11.7 Å². The first kappa shape index (κ1) is 16.0. The van der Waals surface area contributed by atoms with Crippen LogP contribution in [0.5, 0.6) is 0 Å². The Labute approximate surface area is 131 Å². The number of aromatic nitrogens is 1. The van der Waals surface area contributed by atoms with Gasteiger partial charge in [0.05, 0.1) is 11.3 Å². The van der Waals surface area contributed by atoms with E-state index in [1.807, 2.05) is 39.8 Å². The molecule has 0 saturated carbocycles. The molecule has 0 atom stereocenters. The van der Waals surface area contributed by atoms with Crippen LogP contribution < -0.4 is 0 Å². The Bertz CT molecular complexity index is 651. The maximum atomic E-state index is 12.0. The molecule has 0 aromatic carbocycles. The number of pyridine rings is 1. The third-order valence-corrected chi connectivity index (χ3v) is 3.37. The van der Waals surface area contributed by atoms with Crippen molar-refractivity contribution < 1.29 is 9.53 Å². The van der Waals surface area contributed by atoms with Crippen molar-refractivity contribution in [3.8, 4) is 6.07 Å². The number of ether oxygens (including phenoxy) is 1. The molecule has 0 saturated heterocycles. The van der Waals surface area contributed by atoms with Crippen LogP contribution in [0, 0.1) is 18.3 Å². The summed E-state index contributed by atoms with van der Waals surface area (Å²) in [5, 5.41) is 8.89. The van der Waals surface area contributed by atoms with Crippen LogP contribution in [-0.4, -0.2) is 34.7 Å². The van der Waals surface area contributed by atoms with E-state index in [-0.39, 0.29) is 6.09 Å². The minimum Gasteiger partial charge on any atom is -0.444 e. The number of carbonyl (C=O) groups excluding carboxylic acids is 1. The molecule has 5 nitrogen and oxygen atoms in total. The third-order valence-electron chi connectivity index (χ3n) is 3.37. The first-order chi connectivity index (χ1) is 10.3. The van der Waals surface area contributed by atoms with Crippen LogP contribution in [0.1, 0.15) is 44.0 Å². The summed E-state index contributed by atoms with van der Waals surface area (Å²) in [6, 6.07) is 3.93. The first-order valence-corrected chi connectivity index (χ1v) is 7.34. The van der Waals surface area contributed by atoms with Crippen LogP contribution in [-0.2, 0) is 4.74 Å². The Hall–Kier alpha value is -2.35. The highest BCUT2D eigenvalue weighted by Crippen LogP contribution is 2.24. The lowest BCUT2D eigenvalue weighted by Crippen LogP contribution is -2.39. The Morgan fingerprint density at radius 1 is 1.45 bits per heavy atom. The molecule has 1 aliphatic rings. The fourth-order valence-electron chi connectivity index (χ4n) is 2.35. The van der Waals surface area contributed by atoms with Gasteiger partial charge >= 0.3 is 6.09 Å². The first-order valence-electron chi connectivity index (χ1n) is 7.34. The molecule has 0 aliphatic carbocycles. The average molecular weight is 299 g/mol. The van der Waals surface area contributed by atoms with Crippen molar-refractivity contribution in [1.29, 1.82) is 5.26 Å². The van der Waals surface area contributed by atoms with E-state index >= 15 is 0 Å². The lowest BCUT2D eigenvalue weighted by molar-refractivity contribution is 0.0270. The minimum atomic E-state index is -0.480. The second-order valence-corrected chi connectivity index (χ2v) is 6.41. The topological polar surface area (TPSA) is 66.2 Å². The number of hydrogen-bond donors (Lipinski definition) is 0. The minimum absolute atomic E-state index is 0.285. The van der Waals surface area contributed by atoms with Crippen molar-refractivity contribution >= 4 is 11.7 Å². The van der Waals surface area contributed by atoms with Crippen molar-refractivity contribution in [2.75, 3.05) is 13.1 Å². The number of nitriles is 1. The lowest BCUT2D eigenvalue weighted by atomic mass is 10.00. The molecule has 0 bridgehead atoms. The Balaban J connectivity index is 2.09. The molecule has 2 heterocycles. The summed E-state index contributed by atoms with van der Waals surface area (Å²) in [6.07, 6.45) is 4.05. The van der Waals surface area contributed by atoms with Crippen LogP contribution in [0.15, 0.2) is 18.3 Å². The number of rotatable bonds is 1. The Kier molecular flexibility index (Phi) is 4.51. The summed E-state index contributed by atoms with van der Waals surface area (Å²) in [6.45, 7) is 8.66. The zero-order valence-corrected chi connectivity index (χ0v) is 13.5. The van der Waals surface area contributed by atoms with Gasteiger partial charge < -0.3 is 9.64 Å². The van der Waals surface area contributed by atoms with E-state index in [1.165, 1.54) is 0 Å². The molecule has 1 amide bonds. The van der Waals surface area contributed by atoms with Crippen LogP contribution in [0.4, 0.5) is 4.79 Å². The Morgan fingerprint density at radius 2 is 2.18 bits per heavy atom. The van der Waals surface area contributed by atoms with E-state index in [0.717, 1.165) is 23.3 Å². The fraction of sp³-hybridized carbons (Fsp3) is 0.471. The smallest absolute Gasteiger partial charge is 0.410 e. The van der Waals surface area contributed by atoms with Crippen LogP contribution in [0.3, 0.4) is 0 Å². The highest BCUT2D eigenvalue weighted by molar-refractivity contribution is 5.72. The zero-order valence-electron chi connectivity index (χ0n) is 13.5. The third kappa shape index (κ3) is 3.85. The maximum Gasteiger partial charge on any atom is 0.410 e. The van der Waals surface area contributed by atoms with Gasteiger partial charge in [-0.2, -0.15) is 5.26 Å². The number of aryl methyl sites for hydroxylation is 1. The maximum absolute atomic E-state index is 12.0. The number of hydrogen-bond acceptors (Lipinski definition) is 4. The number of amides is 1. The van der Waals surface area contributed by atoms with Gasteiger partial charge in [-0.3, -0.25) is 4.98 Å². The summed E-state index contributed by atoms with van der Waals surface area (Å²) in [7, 11) is 0. The predicted octanol–water partition coefficient (Wildman–Crippen LogP) is 3.29. The summed E-state index contributed by atoms with van der Waals surface area (Å²) in [5.74, 6) is 0. The van der Waals surface area contributed by atoms with Crippen molar-refractivity contribution in [3.63, 3.8) is 0 Å². The summed E-state index contributed by atoms with van der Waals surface area (Å²) < 4.78 is 5.38. The second kappa shape index (κ2) is 6.18. The molecule has 1 aromatic heterocycles. The van der Waals surface area contributed by atoms with E-state index in [9.17, 15) is 4.79 Å². The average Bonchev–Trinajstić information content (AvgIpc) is 2.45. The van der Waals surface area contributed by atoms with E-state index in [1.54, 1.807) is 11.1 Å². The van der Waals surface area contributed by atoms with Gasteiger partial charge in [0.15, 0.2) is 0 Å². The molecular formula is C17H21N3O2. The van der Waals surface area contributed by atoms with E-state index in [2.05, 4.69) is 11.1 Å². The van der Waals surface area contributed by atoms with Gasteiger partial charge in [-0.05, 0) is 51.3 Å². The number of carbonyl (C=O) groups is 1. The van der Waals surface area contributed by atoms with Gasteiger partial charge in [0, 0.05) is 19.3 Å². The summed E-state index contributed by atoms with van der Waals surface area (Å²) in [4.78, 5) is 18.1. The van der Waals surface area contributed by atoms with Gasteiger partial charge in [-0.15, -0.1) is 0 Å². The molecule has 1 aromatic rings. The van der Waals surface area contributed by atoms with Gasteiger partial charge in [-0.25, -0.2) is 4.79 Å². The fourth-order valence-corrected chi connectivity index (χ4v) is 2.35. The molecule has 0 radical (unpaired) electrons. The van der Waals surface area contributed by atoms with Gasteiger partial charge in [0.25, 0.3) is 0 Å².